The van der Waals surface area contributed by atoms with Crippen molar-refractivity contribution in [3.05, 3.63) is 71.8 Å². The van der Waals surface area contributed by atoms with Crippen LogP contribution < -0.4 is 10.2 Å². The Balaban J connectivity index is 0.000000322. The van der Waals surface area contributed by atoms with E-state index >= 15 is 0 Å². The zero-order chi connectivity index (χ0) is 16.1. The van der Waals surface area contributed by atoms with Crippen molar-refractivity contribution in [2.45, 2.75) is 0 Å². The predicted octanol–water partition coefficient (Wildman–Crippen LogP) is -0.137. The van der Waals surface area contributed by atoms with Crippen molar-refractivity contribution < 1.29 is 52.1 Å². The fourth-order valence-corrected chi connectivity index (χ4v) is 1.15. The minimum atomic E-state index is -2.51. The molecule has 0 bridgehead atoms. The van der Waals surface area contributed by atoms with Crippen LogP contribution in [0, 0.1) is 27.8 Å². The molecule has 2 aromatic rings. The van der Waals surface area contributed by atoms with E-state index in [0.717, 1.165) is 0 Å². The van der Waals surface area contributed by atoms with Crippen molar-refractivity contribution in [2.75, 3.05) is 0 Å². The monoisotopic (exact) mass is 512 g/mol. The van der Waals surface area contributed by atoms with Gasteiger partial charge in [0.1, 0.15) is 0 Å². The number of carboxylic acids is 2. The summed E-state index contributed by atoms with van der Waals surface area (Å²) in [4.78, 5) is 20.2. The maximum absolute atomic E-state index is 10.1. The van der Waals surface area contributed by atoms with Gasteiger partial charge in [-0.3, -0.25) is 0 Å². The molecule has 0 radical (unpaired) electrons. The molecule has 2 rings (SSSR count). The van der Waals surface area contributed by atoms with Gasteiger partial charge in [-0.05, 0) is 11.1 Å². The average Bonchev–Trinajstić information content (AvgIpc) is 2.50. The summed E-state index contributed by atoms with van der Waals surface area (Å²) < 4.78 is 17.2. The van der Waals surface area contributed by atoms with Gasteiger partial charge >= 0.3 is 32.3 Å². The third-order valence-corrected chi connectivity index (χ3v) is 2.02. The Kier molecular flexibility index (Phi) is 10.7. The fraction of sp³-hybridized carbons (Fsp3) is 0. The molecule has 0 fully saturated rings. The van der Waals surface area contributed by atoms with Crippen molar-refractivity contribution in [2.24, 2.45) is 0 Å². The molecule has 0 heterocycles. The third kappa shape index (κ3) is 9.55. The van der Waals surface area contributed by atoms with Gasteiger partial charge in [-0.15, -0.1) is 0 Å². The number of aromatic carboxylic acids is 2. The van der Waals surface area contributed by atoms with Gasteiger partial charge < -0.3 is 19.8 Å². The van der Waals surface area contributed by atoms with E-state index in [1.807, 2.05) is 0 Å². The molecule has 0 aromatic heterocycles. The van der Waals surface area contributed by atoms with E-state index < -0.39 is 39.8 Å². The molecule has 0 aliphatic rings. The number of hydrogen-bond acceptors (Lipinski definition) is 6. The first-order valence-corrected chi connectivity index (χ1v) is 8.95. The van der Waals surface area contributed by atoms with Gasteiger partial charge in [0.25, 0.3) is 0 Å². The molecule has 0 atom stereocenters. The van der Waals surface area contributed by atoms with E-state index in [1.165, 1.54) is 24.3 Å². The van der Waals surface area contributed by atoms with E-state index in [0.29, 0.717) is 0 Å². The van der Waals surface area contributed by atoms with Crippen molar-refractivity contribution in [1.29, 1.82) is 0 Å². The van der Waals surface area contributed by atoms with Crippen molar-refractivity contribution in [3.8, 4) is 0 Å². The number of carbonyl (C=O) groups is 2. The molecular weight excluding hydrogens is 502 g/mol. The molecular formula is C14H10O6U. The van der Waals surface area contributed by atoms with Crippen LogP contribution in [0.3, 0.4) is 0 Å². The van der Waals surface area contributed by atoms with Crippen LogP contribution in [0.25, 0.3) is 0 Å². The SMILES string of the molecule is O=C([O-])c1ccccc1.O=C([O-])c1ccccc1.[O]=[U+2]=[O]. The summed E-state index contributed by atoms with van der Waals surface area (Å²) >= 11 is -2.51. The fourth-order valence-electron chi connectivity index (χ4n) is 1.15. The van der Waals surface area contributed by atoms with Gasteiger partial charge in [0.2, 0.25) is 0 Å². The van der Waals surface area contributed by atoms with E-state index in [4.69, 9.17) is 4.47 Å². The third-order valence-electron chi connectivity index (χ3n) is 2.02. The van der Waals surface area contributed by atoms with E-state index in [9.17, 15) is 19.8 Å². The Morgan fingerprint density at radius 1 is 0.667 bits per heavy atom. The second kappa shape index (κ2) is 11.8. The molecule has 7 heteroatoms. The zero-order valence-corrected chi connectivity index (χ0v) is 14.9. The molecule has 0 aliphatic carbocycles. The van der Waals surface area contributed by atoms with E-state index in [1.54, 1.807) is 36.4 Å². The molecule has 0 amide bonds. The Morgan fingerprint density at radius 2 is 0.905 bits per heavy atom. The normalized spacial score (nSPS) is 8.00. The van der Waals surface area contributed by atoms with Crippen LogP contribution in [0.1, 0.15) is 20.7 Å². The number of rotatable bonds is 2. The Labute approximate surface area is 135 Å². The van der Waals surface area contributed by atoms with Gasteiger partial charge in [0.05, 0.1) is 11.9 Å². The first-order chi connectivity index (χ1) is 10.0. The summed E-state index contributed by atoms with van der Waals surface area (Å²) in [5.41, 5.74) is 0.440. The molecule has 6 nitrogen and oxygen atoms in total. The van der Waals surface area contributed by atoms with E-state index in [2.05, 4.69) is 0 Å². The molecule has 21 heavy (non-hydrogen) atoms. The van der Waals surface area contributed by atoms with Crippen LogP contribution in [0.5, 0.6) is 0 Å². The molecule has 0 N–H and O–H groups in total. The predicted molar refractivity (Wildman–Crippen MR) is 62.9 cm³/mol. The van der Waals surface area contributed by atoms with Crippen molar-refractivity contribution in [3.63, 3.8) is 0 Å². The van der Waals surface area contributed by atoms with Crippen LogP contribution in [0.15, 0.2) is 60.7 Å². The standard InChI is InChI=1S/2C7H6O2.2O.U/c2*8-7(9)6-4-2-1-3-5-6;;;/h2*1-5H,(H,8,9);;;/q;;;;+2/p-2. The summed E-state index contributed by atoms with van der Waals surface area (Å²) in [5, 5.41) is 20.2. The van der Waals surface area contributed by atoms with Crippen molar-refractivity contribution in [1.82, 2.24) is 0 Å². The quantitative estimate of drug-likeness (QED) is 0.554. The summed E-state index contributed by atoms with van der Waals surface area (Å²) in [6.45, 7) is 0. The Hall–Kier alpha value is -1.97. The van der Waals surface area contributed by atoms with Crippen LogP contribution in [-0.4, -0.2) is 11.9 Å². The number of hydrogen-bond donors (Lipinski definition) is 0. The second-order valence-electron chi connectivity index (χ2n) is 3.39. The molecule has 0 unspecified atom stereocenters. The molecule has 0 saturated heterocycles. The molecule has 0 spiro atoms. The van der Waals surface area contributed by atoms with Crippen LogP contribution in [-0.2, 0) is 4.47 Å². The first kappa shape index (κ1) is 19.0. The summed E-state index contributed by atoms with van der Waals surface area (Å²) in [5.74, 6) is -2.26. The van der Waals surface area contributed by atoms with Gasteiger partial charge in [0.15, 0.2) is 0 Å². The number of benzene rings is 2. The number of carboxylic acid groups (broad SMARTS) is 2. The summed E-state index contributed by atoms with van der Waals surface area (Å²) in [6, 6.07) is 16.1. The average molecular weight is 512 g/mol. The van der Waals surface area contributed by atoms with Gasteiger partial charge in [-0.25, -0.2) is 0 Å². The molecule has 0 saturated carbocycles. The number of carbonyl (C=O) groups excluding carboxylic acids is 2. The van der Waals surface area contributed by atoms with Crippen LogP contribution in [0.2, 0.25) is 0 Å². The minimum absolute atomic E-state index is 0.220. The topological polar surface area (TPSA) is 114 Å². The van der Waals surface area contributed by atoms with Crippen LogP contribution >= 0.6 is 0 Å². The van der Waals surface area contributed by atoms with Gasteiger partial charge in [-0.2, -0.15) is 0 Å². The molecule has 106 valence electrons. The maximum atomic E-state index is 10.1. The summed E-state index contributed by atoms with van der Waals surface area (Å²) in [7, 11) is 0. The molecule has 2 aromatic carbocycles. The first-order valence-electron chi connectivity index (χ1n) is 5.55. The Morgan fingerprint density at radius 3 is 1.05 bits per heavy atom. The summed E-state index contributed by atoms with van der Waals surface area (Å²) in [6.07, 6.45) is 0. The van der Waals surface area contributed by atoms with E-state index in [-0.39, 0.29) is 11.1 Å². The Bertz CT molecular complexity index is 542. The van der Waals surface area contributed by atoms with Gasteiger partial charge in [0, 0.05) is 0 Å². The van der Waals surface area contributed by atoms with Crippen LogP contribution in [0.4, 0.5) is 0 Å². The molecule has 0 aliphatic heterocycles. The zero-order valence-electron chi connectivity index (χ0n) is 10.7. The second-order valence-corrected chi connectivity index (χ2v) is 4.08. The van der Waals surface area contributed by atoms with Crippen molar-refractivity contribution >= 4 is 11.9 Å². The van der Waals surface area contributed by atoms with Gasteiger partial charge in [-0.1, -0.05) is 60.7 Å².